The number of likely N-dealkylation sites (tertiary alicyclic amines) is 1. The van der Waals surface area contributed by atoms with Gasteiger partial charge in [-0.2, -0.15) is 0 Å². The second-order valence-corrected chi connectivity index (χ2v) is 12.2. The van der Waals surface area contributed by atoms with Crippen LogP contribution in [-0.4, -0.2) is 57.3 Å². The molecule has 0 bridgehead atoms. The first-order valence-electron chi connectivity index (χ1n) is 16.1. The molecular weight excluding hydrogens is 546 g/mol. The van der Waals surface area contributed by atoms with E-state index in [-0.39, 0.29) is 11.7 Å². The number of unbranched alkanes of at least 4 members (excludes halogenated alkanes) is 1. The molecule has 5 rings (SSSR count). The number of nitrogens with zero attached hydrogens (tertiary/aromatic N) is 4. The number of benzene rings is 3. The summed E-state index contributed by atoms with van der Waals surface area (Å²) in [4.78, 5) is 23.4. The van der Waals surface area contributed by atoms with Gasteiger partial charge in [0, 0.05) is 49.8 Å². The smallest absolute Gasteiger partial charge is 0.254 e. The number of aryl methyl sites for hydroxylation is 3. The van der Waals surface area contributed by atoms with Crippen LogP contribution in [0, 0.1) is 5.41 Å². The SMILES string of the molecule is CCCCN(Cc1ccc(CN)cc1)C(=O)c1ccc2c(c1)nc(CCc1ccc(C(=N)N)cc1)n2CCC1CCCN1C. The average Bonchev–Trinajstić information content (AvgIpc) is 3.62. The molecular formula is C36H47N7O. The number of hydrogen-bond acceptors (Lipinski definition) is 5. The standard InChI is InChI=1S/C36H47N7O/c1-3-4-21-42(25-28-9-7-27(24-37)8-10-28)36(44)30-16-17-33-32(23-30)40-34(43(33)22-19-31-6-5-20-41(31)2)18-13-26-11-14-29(15-12-26)35(38)39/h7-12,14-17,23,31H,3-6,13,18-22,24-25,37H2,1-2H3,(H3,38,39). The summed E-state index contributed by atoms with van der Waals surface area (Å²) in [5.74, 6) is 1.17. The van der Waals surface area contributed by atoms with Gasteiger partial charge >= 0.3 is 0 Å². The molecule has 2 heterocycles. The molecule has 5 N–H and O–H groups in total. The van der Waals surface area contributed by atoms with Gasteiger partial charge in [-0.25, -0.2) is 4.98 Å². The number of nitrogen functional groups attached to an aromatic ring is 1. The number of hydrogen-bond donors (Lipinski definition) is 3. The normalized spacial score (nSPS) is 15.2. The number of amidine groups is 1. The Bertz CT molecular complexity index is 1560. The van der Waals surface area contributed by atoms with Crippen molar-refractivity contribution in [2.24, 2.45) is 11.5 Å². The van der Waals surface area contributed by atoms with E-state index >= 15 is 0 Å². The highest BCUT2D eigenvalue weighted by atomic mass is 16.2. The van der Waals surface area contributed by atoms with Gasteiger partial charge in [0.05, 0.1) is 11.0 Å². The Kier molecular flexibility index (Phi) is 10.5. The van der Waals surface area contributed by atoms with E-state index in [1.54, 1.807) is 0 Å². The fourth-order valence-electron chi connectivity index (χ4n) is 6.27. The van der Waals surface area contributed by atoms with Crippen LogP contribution >= 0.6 is 0 Å². The first-order valence-corrected chi connectivity index (χ1v) is 16.1. The van der Waals surface area contributed by atoms with Crippen molar-refractivity contribution >= 4 is 22.8 Å². The third-order valence-electron chi connectivity index (χ3n) is 9.03. The molecule has 0 spiro atoms. The van der Waals surface area contributed by atoms with Crippen LogP contribution in [0.5, 0.6) is 0 Å². The van der Waals surface area contributed by atoms with E-state index in [0.717, 1.165) is 78.7 Å². The van der Waals surface area contributed by atoms with Gasteiger partial charge in [-0.05, 0) is 80.6 Å². The van der Waals surface area contributed by atoms with Gasteiger partial charge in [0.25, 0.3) is 5.91 Å². The Morgan fingerprint density at radius 2 is 1.70 bits per heavy atom. The molecule has 8 heteroatoms. The summed E-state index contributed by atoms with van der Waals surface area (Å²) in [5, 5.41) is 7.67. The summed E-state index contributed by atoms with van der Waals surface area (Å²) >= 11 is 0. The molecule has 1 aliphatic heterocycles. The average molecular weight is 594 g/mol. The van der Waals surface area contributed by atoms with Gasteiger partial charge in [0.1, 0.15) is 11.7 Å². The summed E-state index contributed by atoms with van der Waals surface area (Å²) in [5.41, 5.74) is 18.2. The molecule has 232 valence electrons. The number of fused-ring (bicyclic) bond motifs is 1. The number of nitrogens with two attached hydrogens (primary N) is 2. The van der Waals surface area contributed by atoms with E-state index < -0.39 is 0 Å². The molecule has 1 amide bonds. The second kappa shape index (κ2) is 14.6. The quantitative estimate of drug-likeness (QED) is 0.132. The molecule has 1 atom stereocenters. The number of rotatable bonds is 14. The van der Waals surface area contributed by atoms with Crippen LogP contribution in [0.3, 0.4) is 0 Å². The minimum atomic E-state index is 0.0393. The highest BCUT2D eigenvalue weighted by Crippen LogP contribution is 2.25. The number of carbonyl (C=O) groups excluding carboxylic acids is 1. The van der Waals surface area contributed by atoms with Crippen molar-refractivity contribution in [2.45, 2.75) is 77.5 Å². The lowest BCUT2D eigenvalue weighted by molar-refractivity contribution is 0.0741. The fourth-order valence-corrected chi connectivity index (χ4v) is 6.27. The van der Waals surface area contributed by atoms with Gasteiger partial charge in [0.15, 0.2) is 0 Å². The first kappa shape index (κ1) is 31.4. The van der Waals surface area contributed by atoms with E-state index in [0.29, 0.717) is 31.2 Å². The van der Waals surface area contributed by atoms with Gasteiger partial charge in [0.2, 0.25) is 0 Å². The van der Waals surface area contributed by atoms with Crippen LogP contribution in [0.15, 0.2) is 66.7 Å². The van der Waals surface area contributed by atoms with Crippen LogP contribution in [0.25, 0.3) is 11.0 Å². The monoisotopic (exact) mass is 593 g/mol. The minimum absolute atomic E-state index is 0.0393. The maximum Gasteiger partial charge on any atom is 0.254 e. The molecule has 1 aliphatic rings. The van der Waals surface area contributed by atoms with Gasteiger partial charge < -0.3 is 25.8 Å². The van der Waals surface area contributed by atoms with Gasteiger partial charge in [-0.3, -0.25) is 10.2 Å². The summed E-state index contributed by atoms with van der Waals surface area (Å²) in [6.45, 7) is 6.01. The number of carbonyl (C=O) groups is 1. The third-order valence-corrected chi connectivity index (χ3v) is 9.03. The first-order chi connectivity index (χ1) is 21.4. The molecule has 4 aromatic rings. The maximum absolute atomic E-state index is 13.9. The third kappa shape index (κ3) is 7.55. The highest BCUT2D eigenvalue weighted by molar-refractivity contribution is 5.97. The molecule has 0 aliphatic carbocycles. The zero-order chi connectivity index (χ0) is 31.1. The molecule has 1 aromatic heterocycles. The summed E-state index contributed by atoms with van der Waals surface area (Å²) < 4.78 is 2.37. The molecule has 3 aromatic carbocycles. The lowest BCUT2D eigenvalue weighted by Crippen LogP contribution is -2.31. The van der Waals surface area contributed by atoms with Crippen LogP contribution in [0.1, 0.15) is 77.5 Å². The van der Waals surface area contributed by atoms with Crippen molar-refractivity contribution in [3.63, 3.8) is 0 Å². The number of aromatic nitrogens is 2. The molecule has 1 saturated heterocycles. The predicted molar refractivity (Wildman–Crippen MR) is 179 cm³/mol. The lowest BCUT2D eigenvalue weighted by Gasteiger charge is -2.23. The Morgan fingerprint density at radius 1 is 1.00 bits per heavy atom. The zero-order valence-corrected chi connectivity index (χ0v) is 26.3. The van der Waals surface area contributed by atoms with E-state index in [1.807, 2.05) is 53.4 Å². The van der Waals surface area contributed by atoms with Crippen LogP contribution in [0.4, 0.5) is 0 Å². The van der Waals surface area contributed by atoms with E-state index in [2.05, 4.69) is 41.6 Å². The zero-order valence-electron chi connectivity index (χ0n) is 26.3. The number of imidazole rings is 1. The molecule has 44 heavy (non-hydrogen) atoms. The van der Waals surface area contributed by atoms with Crippen LogP contribution < -0.4 is 11.5 Å². The Balaban J connectivity index is 1.40. The second-order valence-electron chi connectivity index (χ2n) is 12.2. The fraction of sp³-hybridized carbons (Fsp3) is 0.417. The molecule has 1 unspecified atom stereocenters. The highest BCUT2D eigenvalue weighted by Gasteiger charge is 2.23. The summed E-state index contributed by atoms with van der Waals surface area (Å²) in [6.07, 6.45) is 7.18. The summed E-state index contributed by atoms with van der Waals surface area (Å²) in [7, 11) is 2.23. The van der Waals surface area contributed by atoms with E-state index in [1.165, 1.54) is 18.4 Å². The Morgan fingerprint density at radius 3 is 2.36 bits per heavy atom. The molecule has 0 radical (unpaired) electrons. The van der Waals surface area contributed by atoms with Crippen LogP contribution in [0.2, 0.25) is 0 Å². The summed E-state index contributed by atoms with van der Waals surface area (Å²) in [6, 6.07) is 22.8. The van der Waals surface area contributed by atoms with Crippen molar-refractivity contribution in [1.82, 2.24) is 19.4 Å². The van der Waals surface area contributed by atoms with Gasteiger partial charge in [-0.15, -0.1) is 0 Å². The van der Waals surface area contributed by atoms with Crippen molar-refractivity contribution in [3.05, 3.63) is 100 Å². The van der Waals surface area contributed by atoms with E-state index in [4.69, 9.17) is 21.9 Å². The van der Waals surface area contributed by atoms with Crippen molar-refractivity contribution in [3.8, 4) is 0 Å². The number of nitrogens with one attached hydrogen (secondary N) is 1. The number of amides is 1. The largest absolute Gasteiger partial charge is 0.384 e. The molecule has 8 nitrogen and oxygen atoms in total. The van der Waals surface area contributed by atoms with Crippen molar-refractivity contribution in [2.75, 3.05) is 20.1 Å². The molecule has 1 fully saturated rings. The topological polar surface area (TPSA) is 117 Å². The van der Waals surface area contributed by atoms with E-state index in [9.17, 15) is 4.79 Å². The lowest BCUT2D eigenvalue weighted by atomic mass is 10.1. The van der Waals surface area contributed by atoms with Crippen molar-refractivity contribution in [1.29, 1.82) is 5.41 Å². The van der Waals surface area contributed by atoms with Crippen LogP contribution in [-0.2, 0) is 32.5 Å². The van der Waals surface area contributed by atoms with Gasteiger partial charge in [-0.1, -0.05) is 61.9 Å². The Labute approximate surface area is 261 Å². The Hall–Kier alpha value is -4.01. The maximum atomic E-state index is 13.9. The minimum Gasteiger partial charge on any atom is -0.384 e. The molecule has 0 saturated carbocycles. The van der Waals surface area contributed by atoms with Crippen molar-refractivity contribution < 1.29 is 4.79 Å². The predicted octanol–water partition coefficient (Wildman–Crippen LogP) is 5.49.